The molecule has 2 rings (SSSR count). The molecule has 1 amide bonds. The molecule has 2 aromatic rings. The Hall–Kier alpha value is -1.68. The van der Waals surface area contributed by atoms with E-state index in [4.69, 9.17) is 0 Å². The van der Waals surface area contributed by atoms with E-state index in [1.165, 1.54) is 0 Å². The number of anilines is 1. The molecule has 0 radical (unpaired) electrons. The highest BCUT2D eigenvalue weighted by atomic mass is 79.9. The highest BCUT2D eigenvalue weighted by Gasteiger charge is 2.06. The first-order valence-corrected chi connectivity index (χ1v) is 6.82. The molecule has 19 heavy (non-hydrogen) atoms. The number of aromatic nitrogens is 1. The van der Waals surface area contributed by atoms with Gasteiger partial charge in [-0.3, -0.25) is 4.79 Å². The largest absolute Gasteiger partial charge is 0.310 e. The zero-order valence-corrected chi connectivity index (χ0v) is 12.5. The number of rotatable bonds is 3. The molecular formula is C15H15BrN2O. The summed E-state index contributed by atoms with van der Waals surface area (Å²) in [4.78, 5) is 16.2. The standard InChI is InChI=1S/C15H15BrN2O/c1-10-4-3-5-12(8-10)9-15(19)18-14-7-6-13(16)11(2)17-14/h3-8H,9H2,1-2H3,(H,17,18,19). The van der Waals surface area contributed by atoms with Crippen LogP contribution in [0.25, 0.3) is 0 Å². The summed E-state index contributed by atoms with van der Waals surface area (Å²) < 4.78 is 0.934. The van der Waals surface area contributed by atoms with E-state index in [0.717, 1.165) is 21.3 Å². The number of benzene rings is 1. The topological polar surface area (TPSA) is 42.0 Å². The first kappa shape index (κ1) is 13.7. The Labute approximate surface area is 121 Å². The first-order chi connectivity index (χ1) is 9.04. The molecular weight excluding hydrogens is 304 g/mol. The summed E-state index contributed by atoms with van der Waals surface area (Å²) in [7, 11) is 0. The monoisotopic (exact) mass is 318 g/mol. The fraction of sp³-hybridized carbons (Fsp3) is 0.200. The third-order valence-corrected chi connectivity index (χ3v) is 3.57. The van der Waals surface area contributed by atoms with Crippen LogP contribution < -0.4 is 5.32 Å². The minimum Gasteiger partial charge on any atom is -0.310 e. The maximum Gasteiger partial charge on any atom is 0.229 e. The van der Waals surface area contributed by atoms with Crippen molar-refractivity contribution in [2.75, 3.05) is 5.32 Å². The summed E-state index contributed by atoms with van der Waals surface area (Å²) in [6.07, 6.45) is 0.360. The van der Waals surface area contributed by atoms with Gasteiger partial charge in [-0.1, -0.05) is 29.8 Å². The van der Waals surface area contributed by atoms with Gasteiger partial charge >= 0.3 is 0 Å². The Morgan fingerprint density at radius 2 is 2.05 bits per heavy atom. The minimum atomic E-state index is -0.0557. The van der Waals surface area contributed by atoms with Crippen molar-refractivity contribution in [3.8, 4) is 0 Å². The molecule has 0 saturated carbocycles. The van der Waals surface area contributed by atoms with E-state index in [9.17, 15) is 4.79 Å². The van der Waals surface area contributed by atoms with Crippen LogP contribution in [-0.4, -0.2) is 10.9 Å². The fourth-order valence-corrected chi connectivity index (χ4v) is 2.03. The fourth-order valence-electron chi connectivity index (χ4n) is 1.81. The predicted octanol–water partition coefficient (Wildman–Crippen LogP) is 3.64. The van der Waals surface area contributed by atoms with Gasteiger partial charge in [0.15, 0.2) is 0 Å². The third-order valence-electron chi connectivity index (χ3n) is 2.74. The van der Waals surface area contributed by atoms with Crippen LogP contribution in [0, 0.1) is 13.8 Å². The smallest absolute Gasteiger partial charge is 0.229 e. The zero-order valence-electron chi connectivity index (χ0n) is 10.9. The molecule has 1 aromatic heterocycles. The lowest BCUT2D eigenvalue weighted by atomic mass is 10.1. The Balaban J connectivity index is 2.03. The van der Waals surface area contributed by atoms with Gasteiger partial charge in [0.25, 0.3) is 0 Å². The number of nitrogens with one attached hydrogen (secondary N) is 1. The molecule has 1 heterocycles. The third kappa shape index (κ3) is 3.89. The molecule has 0 bridgehead atoms. The van der Waals surface area contributed by atoms with E-state index in [2.05, 4.69) is 26.2 Å². The van der Waals surface area contributed by atoms with Gasteiger partial charge in [0.05, 0.1) is 12.1 Å². The number of amides is 1. The molecule has 0 spiro atoms. The average molecular weight is 319 g/mol. The summed E-state index contributed by atoms with van der Waals surface area (Å²) in [6.45, 7) is 3.90. The van der Waals surface area contributed by atoms with Gasteiger partial charge in [0.2, 0.25) is 5.91 Å². The van der Waals surface area contributed by atoms with Crippen LogP contribution in [0.4, 0.5) is 5.82 Å². The SMILES string of the molecule is Cc1cccc(CC(=O)Nc2ccc(Br)c(C)n2)c1. The first-order valence-electron chi connectivity index (χ1n) is 6.03. The number of nitrogens with zero attached hydrogens (tertiary/aromatic N) is 1. The van der Waals surface area contributed by atoms with Crippen LogP contribution in [0.3, 0.4) is 0 Å². The highest BCUT2D eigenvalue weighted by molar-refractivity contribution is 9.10. The molecule has 0 fully saturated rings. The number of aryl methyl sites for hydroxylation is 2. The molecule has 0 atom stereocenters. The van der Waals surface area contributed by atoms with Crippen molar-refractivity contribution in [3.63, 3.8) is 0 Å². The summed E-state index contributed by atoms with van der Waals surface area (Å²) in [5.41, 5.74) is 3.02. The molecule has 0 unspecified atom stereocenters. The summed E-state index contributed by atoms with van der Waals surface area (Å²) in [6, 6.07) is 11.6. The van der Waals surface area contributed by atoms with E-state index < -0.39 is 0 Å². The van der Waals surface area contributed by atoms with Crippen LogP contribution in [0.15, 0.2) is 40.9 Å². The second kappa shape index (κ2) is 5.97. The number of hydrogen-bond donors (Lipinski definition) is 1. The summed E-state index contributed by atoms with van der Waals surface area (Å²) >= 11 is 3.38. The average Bonchev–Trinajstić information content (AvgIpc) is 2.34. The molecule has 4 heteroatoms. The molecule has 98 valence electrons. The van der Waals surface area contributed by atoms with Crippen molar-refractivity contribution in [2.45, 2.75) is 20.3 Å². The van der Waals surface area contributed by atoms with Gasteiger partial charge in [0.1, 0.15) is 5.82 Å². The molecule has 0 aliphatic heterocycles. The molecule has 0 aliphatic rings. The second-order valence-electron chi connectivity index (χ2n) is 4.48. The van der Waals surface area contributed by atoms with Crippen molar-refractivity contribution in [3.05, 3.63) is 57.7 Å². The maximum absolute atomic E-state index is 11.9. The lowest BCUT2D eigenvalue weighted by molar-refractivity contribution is -0.115. The normalized spacial score (nSPS) is 10.3. The van der Waals surface area contributed by atoms with Gasteiger partial charge < -0.3 is 5.32 Å². The van der Waals surface area contributed by atoms with Gasteiger partial charge in [-0.15, -0.1) is 0 Å². The van der Waals surface area contributed by atoms with Crippen molar-refractivity contribution in [1.82, 2.24) is 4.98 Å². The van der Waals surface area contributed by atoms with Crippen LogP contribution in [0.2, 0.25) is 0 Å². The van der Waals surface area contributed by atoms with Crippen molar-refractivity contribution < 1.29 is 4.79 Å². The van der Waals surface area contributed by atoms with Crippen LogP contribution in [0.5, 0.6) is 0 Å². The van der Waals surface area contributed by atoms with Gasteiger partial charge in [-0.25, -0.2) is 4.98 Å². The quantitative estimate of drug-likeness (QED) is 0.938. The molecule has 3 nitrogen and oxygen atoms in total. The zero-order chi connectivity index (χ0) is 13.8. The number of carbonyl (C=O) groups excluding carboxylic acids is 1. The number of halogens is 1. The molecule has 1 aromatic carbocycles. The van der Waals surface area contributed by atoms with Crippen LogP contribution in [0.1, 0.15) is 16.8 Å². The molecule has 1 N–H and O–H groups in total. The van der Waals surface area contributed by atoms with Crippen molar-refractivity contribution in [2.24, 2.45) is 0 Å². The van der Waals surface area contributed by atoms with E-state index in [0.29, 0.717) is 12.2 Å². The second-order valence-corrected chi connectivity index (χ2v) is 5.33. The number of pyridine rings is 1. The molecule has 0 saturated heterocycles. The van der Waals surface area contributed by atoms with Gasteiger partial charge in [-0.2, -0.15) is 0 Å². The number of hydrogen-bond acceptors (Lipinski definition) is 2. The molecule has 0 aliphatic carbocycles. The maximum atomic E-state index is 11.9. The Morgan fingerprint density at radius 1 is 1.26 bits per heavy atom. The van der Waals surface area contributed by atoms with E-state index in [1.807, 2.05) is 44.2 Å². The lowest BCUT2D eigenvalue weighted by Gasteiger charge is -2.06. The van der Waals surface area contributed by atoms with Gasteiger partial charge in [-0.05, 0) is 47.5 Å². The van der Waals surface area contributed by atoms with E-state index in [1.54, 1.807) is 6.07 Å². The minimum absolute atomic E-state index is 0.0557. The van der Waals surface area contributed by atoms with Crippen molar-refractivity contribution >= 4 is 27.7 Å². The Kier molecular flexibility index (Phi) is 4.32. The Bertz CT molecular complexity index is 611. The van der Waals surface area contributed by atoms with Crippen LogP contribution in [-0.2, 0) is 11.2 Å². The van der Waals surface area contributed by atoms with E-state index >= 15 is 0 Å². The number of carbonyl (C=O) groups is 1. The van der Waals surface area contributed by atoms with Gasteiger partial charge in [0, 0.05) is 4.47 Å². The predicted molar refractivity (Wildman–Crippen MR) is 80.2 cm³/mol. The van der Waals surface area contributed by atoms with Crippen molar-refractivity contribution in [1.29, 1.82) is 0 Å². The lowest BCUT2D eigenvalue weighted by Crippen LogP contribution is -2.15. The Morgan fingerprint density at radius 3 is 2.74 bits per heavy atom. The van der Waals surface area contributed by atoms with E-state index in [-0.39, 0.29) is 5.91 Å². The summed E-state index contributed by atoms with van der Waals surface area (Å²) in [5, 5.41) is 2.81. The summed E-state index contributed by atoms with van der Waals surface area (Å²) in [5.74, 6) is 0.526. The highest BCUT2D eigenvalue weighted by Crippen LogP contribution is 2.16. The van der Waals surface area contributed by atoms with Crippen LogP contribution >= 0.6 is 15.9 Å².